The van der Waals surface area contributed by atoms with Crippen molar-refractivity contribution < 1.29 is 24.2 Å². The van der Waals surface area contributed by atoms with E-state index in [-0.39, 0.29) is 36.8 Å². The summed E-state index contributed by atoms with van der Waals surface area (Å²) in [5.74, 6) is -1.00. The Morgan fingerprint density at radius 3 is 2.20 bits per heavy atom. The topological polar surface area (TPSA) is 95.9 Å². The molecule has 35 heavy (non-hydrogen) atoms. The van der Waals surface area contributed by atoms with Gasteiger partial charge in [-0.3, -0.25) is 9.59 Å². The van der Waals surface area contributed by atoms with Gasteiger partial charge in [0.15, 0.2) is 0 Å². The van der Waals surface area contributed by atoms with Crippen LogP contribution in [0.1, 0.15) is 62.0 Å². The van der Waals surface area contributed by atoms with Crippen molar-refractivity contribution in [3.05, 3.63) is 59.7 Å². The summed E-state index contributed by atoms with van der Waals surface area (Å²) in [7, 11) is 1.64. The summed E-state index contributed by atoms with van der Waals surface area (Å²) in [4.78, 5) is 37.8. The van der Waals surface area contributed by atoms with E-state index in [1.165, 1.54) is 27.2 Å². The fourth-order valence-electron chi connectivity index (χ4n) is 5.47. The summed E-state index contributed by atoms with van der Waals surface area (Å²) in [6.45, 7) is 0.815. The van der Waals surface area contributed by atoms with Crippen molar-refractivity contribution in [2.45, 2.75) is 50.9 Å². The molecule has 0 unspecified atom stereocenters. The maximum atomic E-state index is 12.8. The maximum Gasteiger partial charge on any atom is 0.407 e. The molecular formula is C28H34N2O5. The van der Waals surface area contributed by atoms with Gasteiger partial charge in [-0.2, -0.15) is 0 Å². The zero-order chi connectivity index (χ0) is 24.8. The number of amides is 2. The molecule has 0 aromatic heterocycles. The molecule has 0 aliphatic heterocycles. The van der Waals surface area contributed by atoms with Gasteiger partial charge in [0.2, 0.25) is 5.91 Å². The van der Waals surface area contributed by atoms with Crippen molar-refractivity contribution >= 4 is 18.0 Å². The highest BCUT2D eigenvalue weighted by Gasteiger charge is 2.36. The predicted octanol–water partition coefficient (Wildman–Crippen LogP) is 4.80. The first-order chi connectivity index (χ1) is 16.9. The second-order valence-corrected chi connectivity index (χ2v) is 9.88. The normalized spacial score (nSPS) is 16.1. The minimum Gasteiger partial charge on any atom is -0.481 e. The summed E-state index contributed by atoms with van der Waals surface area (Å²) < 4.78 is 5.68. The Morgan fingerprint density at radius 2 is 1.60 bits per heavy atom. The number of carboxylic acid groups (broad SMARTS) is 1. The van der Waals surface area contributed by atoms with Crippen molar-refractivity contribution in [2.24, 2.45) is 5.41 Å². The number of fused-ring (bicyclic) bond motifs is 3. The van der Waals surface area contributed by atoms with Crippen LogP contribution in [-0.2, 0) is 14.3 Å². The molecule has 0 bridgehead atoms. The number of carbonyl (C=O) groups excluding carboxylic acids is 2. The monoisotopic (exact) mass is 478 g/mol. The van der Waals surface area contributed by atoms with Crippen LogP contribution < -0.4 is 5.32 Å². The van der Waals surface area contributed by atoms with Crippen molar-refractivity contribution in [3.63, 3.8) is 0 Å². The van der Waals surface area contributed by atoms with Crippen LogP contribution in [0.3, 0.4) is 0 Å². The Labute approximate surface area is 206 Å². The quantitative estimate of drug-likeness (QED) is 0.540. The second-order valence-electron chi connectivity index (χ2n) is 9.88. The Bertz CT molecular complexity index is 1030. The third-order valence-electron chi connectivity index (χ3n) is 7.48. The van der Waals surface area contributed by atoms with Crippen LogP contribution in [-0.4, -0.2) is 54.7 Å². The van der Waals surface area contributed by atoms with E-state index in [0.29, 0.717) is 13.0 Å². The van der Waals surface area contributed by atoms with Gasteiger partial charge >= 0.3 is 12.1 Å². The molecule has 2 N–H and O–H groups in total. The smallest absolute Gasteiger partial charge is 0.407 e. The summed E-state index contributed by atoms with van der Waals surface area (Å²) in [6.07, 6.45) is 4.61. The van der Waals surface area contributed by atoms with E-state index in [4.69, 9.17) is 9.84 Å². The number of carboxylic acids is 1. The van der Waals surface area contributed by atoms with Gasteiger partial charge in [-0.15, -0.1) is 0 Å². The minimum absolute atomic E-state index is 0.00116. The molecule has 2 amide bonds. The molecule has 2 aliphatic rings. The van der Waals surface area contributed by atoms with E-state index in [0.717, 1.165) is 32.1 Å². The molecule has 0 atom stereocenters. The van der Waals surface area contributed by atoms with Crippen molar-refractivity contribution in [2.75, 3.05) is 26.7 Å². The van der Waals surface area contributed by atoms with Gasteiger partial charge in [0, 0.05) is 32.5 Å². The average Bonchev–Trinajstić information content (AvgIpc) is 3.19. The lowest BCUT2D eigenvalue weighted by Gasteiger charge is -2.37. The van der Waals surface area contributed by atoms with Gasteiger partial charge < -0.3 is 20.1 Å². The SMILES string of the molecule is CN(CCC(=O)O)C(=O)CC1(CNC(=O)OCC2c3ccccc3-c3ccccc32)CCCCC1. The average molecular weight is 479 g/mol. The summed E-state index contributed by atoms with van der Waals surface area (Å²) in [5.41, 5.74) is 4.38. The first-order valence-electron chi connectivity index (χ1n) is 12.4. The number of rotatable bonds is 9. The number of aliphatic carboxylic acids is 1. The van der Waals surface area contributed by atoms with E-state index >= 15 is 0 Å². The Balaban J connectivity index is 1.35. The fraction of sp³-hybridized carbons (Fsp3) is 0.464. The highest BCUT2D eigenvalue weighted by atomic mass is 16.5. The molecule has 2 aromatic carbocycles. The van der Waals surface area contributed by atoms with Crippen LogP contribution in [0.5, 0.6) is 0 Å². The number of nitrogens with one attached hydrogen (secondary N) is 1. The van der Waals surface area contributed by atoms with Crippen LogP contribution in [0, 0.1) is 5.41 Å². The standard InChI is InChI=1S/C28H34N2O5/c1-30(16-13-26(32)33)25(31)17-28(14-7-2-8-15-28)19-29-27(34)35-18-24-22-11-5-3-9-20(22)21-10-4-6-12-23(21)24/h3-6,9-12,24H,2,7-8,13-19H2,1H3,(H,29,34)(H,32,33). The molecule has 2 aliphatic carbocycles. The van der Waals surface area contributed by atoms with Crippen molar-refractivity contribution in [3.8, 4) is 11.1 Å². The van der Waals surface area contributed by atoms with Crippen LogP contribution in [0.4, 0.5) is 4.79 Å². The number of nitrogens with zero attached hydrogens (tertiary/aromatic N) is 1. The summed E-state index contributed by atoms with van der Waals surface area (Å²) >= 11 is 0. The van der Waals surface area contributed by atoms with Crippen LogP contribution in [0.15, 0.2) is 48.5 Å². The number of alkyl carbamates (subject to hydrolysis) is 1. The third kappa shape index (κ3) is 5.84. The predicted molar refractivity (Wildman–Crippen MR) is 133 cm³/mol. The molecule has 2 aromatic rings. The molecule has 0 saturated heterocycles. The molecule has 0 spiro atoms. The number of ether oxygens (including phenoxy) is 1. The molecule has 1 fully saturated rings. The van der Waals surface area contributed by atoms with Gasteiger partial charge in [0.05, 0.1) is 6.42 Å². The fourth-order valence-corrected chi connectivity index (χ4v) is 5.47. The Morgan fingerprint density at radius 1 is 1.00 bits per heavy atom. The zero-order valence-corrected chi connectivity index (χ0v) is 20.3. The third-order valence-corrected chi connectivity index (χ3v) is 7.48. The molecule has 0 radical (unpaired) electrons. The Kier molecular flexibility index (Phi) is 7.73. The van der Waals surface area contributed by atoms with Gasteiger partial charge in [0.25, 0.3) is 0 Å². The molecule has 0 heterocycles. The van der Waals surface area contributed by atoms with Crippen molar-refractivity contribution in [1.82, 2.24) is 10.2 Å². The highest BCUT2D eigenvalue weighted by Crippen LogP contribution is 2.44. The Hall–Kier alpha value is -3.35. The maximum absolute atomic E-state index is 12.8. The molecule has 4 rings (SSSR count). The lowest BCUT2D eigenvalue weighted by molar-refractivity contribution is -0.138. The zero-order valence-electron chi connectivity index (χ0n) is 20.3. The number of benzene rings is 2. The van der Waals surface area contributed by atoms with Gasteiger partial charge in [-0.05, 0) is 40.5 Å². The van der Waals surface area contributed by atoms with Crippen LogP contribution in [0.2, 0.25) is 0 Å². The molecule has 7 nitrogen and oxygen atoms in total. The largest absolute Gasteiger partial charge is 0.481 e. The van der Waals surface area contributed by atoms with E-state index in [2.05, 4.69) is 29.6 Å². The molecular weight excluding hydrogens is 444 g/mol. The van der Waals surface area contributed by atoms with Gasteiger partial charge in [-0.25, -0.2) is 4.79 Å². The van der Waals surface area contributed by atoms with Gasteiger partial charge in [-0.1, -0.05) is 67.8 Å². The molecule has 186 valence electrons. The molecule has 1 saturated carbocycles. The highest BCUT2D eigenvalue weighted by molar-refractivity contribution is 5.79. The number of hydrogen-bond donors (Lipinski definition) is 2. The lowest BCUT2D eigenvalue weighted by atomic mass is 9.71. The number of hydrogen-bond acceptors (Lipinski definition) is 4. The van der Waals surface area contributed by atoms with E-state index in [1.807, 2.05) is 24.3 Å². The van der Waals surface area contributed by atoms with Crippen LogP contribution >= 0.6 is 0 Å². The van der Waals surface area contributed by atoms with Crippen LogP contribution in [0.25, 0.3) is 11.1 Å². The lowest BCUT2D eigenvalue weighted by Crippen LogP contribution is -2.43. The molecule has 7 heteroatoms. The van der Waals surface area contributed by atoms with E-state index in [9.17, 15) is 14.4 Å². The summed E-state index contributed by atoms with van der Waals surface area (Å²) in [5, 5.41) is 11.8. The first kappa shape index (κ1) is 24.8. The second kappa shape index (κ2) is 10.9. The van der Waals surface area contributed by atoms with E-state index < -0.39 is 12.1 Å². The van der Waals surface area contributed by atoms with Crippen molar-refractivity contribution in [1.29, 1.82) is 0 Å². The first-order valence-corrected chi connectivity index (χ1v) is 12.4. The van der Waals surface area contributed by atoms with Gasteiger partial charge in [0.1, 0.15) is 6.61 Å². The minimum atomic E-state index is -0.922. The summed E-state index contributed by atoms with van der Waals surface area (Å²) in [6, 6.07) is 16.4. The number of carbonyl (C=O) groups is 3. The van der Waals surface area contributed by atoms with E-state index in [1.54, 1.807) is 7.05 Å².